The molecule has 0 aliphatic carbocycles. The third kappa shape index (κ3) is 8.01. The minimum absolute atomic E-state index is 0.211. The van der Waals surface area contributed by atoms with Crippen molar-refractivity contribution < 1.29 is 9.53 Å². The number of rotatable bonds is 5. The maximum atomic E-state index is 10.6. The van der Waals surface area contributed by atoms with Crippen molar-refractivity contribution in [2.24, 2.45) is 0 Å². The number of ether oxygens (including phenoxy) is 1. The first-order chi connectivity index (χ1) is 5.81. The molecular formula is C8H14O2S2. The predicted molar refractivity (Wildman–Crippen MR) is 57.1 cm³/mol. The number of allylic oxidation sites excluding steroid dienone is 1. The topological polar surface area (TPSA) is 26.3 Å². The summed E-state index contributed by atoms with van der Waals surface area (Å²) in [7, 11) is 0. The molecule has 0 unspecified atom stereocenters. The van der Waals surface area contributed by atoms with Crippen LogP contribution >= 0.6 is 24.4 Å². The van der Waals surface area contributed by atoms with E-state index >= 15 is 0 Å². The van der Waals surface area contributed by atoms with Gasteiger partial charge in [0, 0.05) is 0 Å². The standard InChI is InChI=1S/C8H14O2S2/c1-12-8(9)10-6-4-2-3-5-7-11/h2-3,11H,4-7H2,1H3/b3-2-. The van der Waals surface area contributed by atoms with E-state index in [9.17, 15) is 4.79 Å². The molecule has 12 heavy (non-hydrogen) atoms. The van der Waals surface area contributed by atoms with E-state index in [1.807, 2.05) is 12.2 Å². The second-order valence-electron chi connectivity index (χ2n) is 2.07. The summed E-state index contributed by atoms with van der Waals surface area (Å²) in [6.45, 7) is 0.475. The van der Waals surface area contributed by atoms with Crippen molar-refractivity contribution in [3.05, 3.63) is 12.2 Å². The lowest BCUT2D eigenvalue weighted by atomic mass is 10.3. The first kappa shape index (κ1) is 11.9. The Morgan fingerprint density at radius 3 is 2.75 bits per heavy atom. The van der Waals surface area contributed by atoms with Gasteiger partial charge in [-0.2, -0.15) is 12.6 Å². The molecule has 0 N–H and O–H groups in total. The predicted octanol–water partition coefficient (Wildman–Crippen LogP) is 2.75. The maximum absolute atomic E-state index is 10.6. The summed E-state index contributed by atoms with van der Waals surface area (Å²) >= 11 is 5.15. The average molecular weight is 206 g/mol. The largest absolute Gasteiger partial charge is 0.457 e. The van der Waals surface area contributed by atoms with Crippen LogP contribution in [0.5, 0.6) is 0 Å². The monoisotopic (exact) mass is 206 g/mol. The summed E-state index contributed by atoms with van der Waals surface area (Å²) in [6, 6.07) is 0. The van der Waals surface area contributed by atoms with Crippen molar-refractivity contribution in [3.63, 3.8) is 0 Å². The van der Waals surface area contributed by atoms with Crippen LogP contribution in [0.2, 0.25) is 0 Å². The fourth-order valence-corrected chi connectivity index (χ4v) is 0.930. The highest BCUT2D eigenvalue weighted by molar-refractivity contribution is 8.12. The van der Waals surface area contributed by atoms with E-state index in [2.05, 4.69) is 12.6 Å². The van der Waals surface area contributed by atoms with Gasteiger partial charge in [0.25, 0.3) is 0 Å². The third-order valence-electron chi connectivity index (χ3n) is 1.13. The lowest BCUT2D eigenvalue weighted by Gasteiger charge is -1.97. The second kappa shape index (κ2) is 9.00. The SMILES string of the molecule is CSC(=O)OCC/C=C\CCS. The Morgan fingerprint density at radius 2 is 2.17 bits per heavy atom. The number of hydrogen-bond donors (Lipinski definition) is 1. The van der Waals surface area contributed by atoms with Gasteiger partial charge in [-0.25, -0.2) is 4.79 Å². The van der Waals surface area contributed by atoms with E-state index in [1.54, 1.807) is 6.26 Å². The molecule has 0 aliphatic heterocycles. The molecule has 0 rings (SSSR count). The van der Waals surface area contributed by atoms with Crippen molar-refractivity contribution in [1.29, 1.82) is 0 Å². The zero-order valence-corrected chi connectivity index (χ0v) is 8.87. The van der Waals surface area contributed by atoms with Crippen molar-refractivity contribution >= 4 is 29.7 Å². The van der Waals surface area contributed by atoms with Gasteiger partial charge in [0.05, 0.1) is 6.61 Å². The zero-order valence-electron chi connectivity index (χ0n) is 7.16. The van der Waals surface area contributed by atoms with Crippen molar-refractivity contribution in [1.82, 2.24) is 0 Å². The summed E-state index contributed by atoms with van der Waals surface area (Å²) in [4.78, 5) is 10.6. The lowest BCUT2D eigenvalue weighted by molar-refractivity contribution is 0.177. The van der Waals surface area contributed by atoms with Crippen LogP contribution in [0.25, 0.3) is 0 Å². The van der Waals surface area contributed by atoms with E-state index in [-0.39, 0.29) is 5.30 Å². The van der Waals surface area contributed by atoms with Gasteiger partial charge in [-0.3, -0.25) is 0 Å². The molecule has 4 heteroatoms. The Bertz CT molecular complexity index is 146. The van der Waals surface area contributed by atoms with Gasteiger partial charge in [0.15, 0.2) is 0 Å². The van der Waals surface area contributed by atoms with E-state index in [1.165, 1.54) is 0 Å². The highest BCUT2D eigenvalue weighted by Gasteiger charge is 1.95. The Labute approximate surface area is 83.2 Å². The van der Waals surface area contributed by atoms with E-state index in [0.29, 0.717) is 6.61 Å². The average Bonchev–Trinajstić information content (AvgIpc) is 2.10. The quantitative estimate of drug-likeness (QED) is 0.324. The number of carbonyl (C=O) groups excluding carboxylic acids is 1. The van der Waals surface area contributed by atoms with Gasteiger partial charge in [0.1, 0.15) is 0 Å². The Kier molecular flexibility index (Phi) is 8.93. The molecule has 0 bridgehead atoms. The Balaban J connectivity index is 3.15. The molecule has 0 atom stereocenters. The molecule has 70 valence electrons. The van der Waals surface area contributed by atoms with Crippen LogP contribution in [0.15, 0.2) is 12.2 Å². The Morgan fingerprint density at radius 1 is 1.50 bits per heavy atom. The van der Waals surface area contributed by atoms with Crippen molar-refractivity contribution in [3.8, 4) is 0 Å². The number of hydrogen-bond acceptors (Lipinski definition) is 4. The molecule has 0 aromatic rings. The molecular weight excluding hydrogens is 192 g/mol. The molecule has 0 aliphatic rings. The first-order valence-electron chi connectivity index (χ1n) is 3.78. The van der Waals surface area contributed by atoms with Crippen LogP contribution in [-0.2, 0) is 4.74 Å². The summed E-state index contributed by atoms with van der Waals surface area (Å²) in [5.74, 6) is 0.862. The molecule has 0 saturated heterocycles. The van der Waals surface area contributed by atoms with E-state index < -0.39 is 0 Å². The van der Waals surface area contributed by atoms with Crippen LogP contribution in [0, 0.1) is 0 Å². The van der Waals surface area contributed by atoms with Gasteiger partial charge < -0.3 is 4.74 Å². The van der Waals surface area contributed by atoms with Gasteiger partial charge >= 0.3 is 5.30 Å². The van der Waals surface area contributed by atoms with Crippen molar-refractivity contribution in [2.45, 2.75) is 12.8 Å². The summed E-state index contributed by atoms with van der Waals surface area (Å²) < 4.78 is 4.83. The number of carbonyl (C=O) groups is 1. The molecule has 0 aromatic heterocycles. The fourth-order valence-electron chi connectivity index (χ4n) is 0.579. The zero-order chi connectivity index (χ0) is 9.23. The number of thioether (sulfide) groups is 1. The van der Waals surface area contributed by atoms with Crippen molar-refractivity contribution in [2.75, 3.05) is 18.6 Å². The van der Waals surface area contributed by atoms with Crippen LogP contribution in [-0.4, -0.2) is 23.9 Å². The molecule has 0 amide bonds. The van der Waals surface area contributed by atoms with Crippen LogP contribution < -0.4 is 0 Å². The minimum atomic E-state index is -0.211. The smallest absolute Gasteiger partial charge is 0.367 e. The molecule has 0 heterocycles. The number of thiol groups is 1. The highest BCUT2D eigenvalue weighted by Crippen LogP contribution is 1.99. The second-order valence-corrected chi connectivity index (χ2v) is 3.26. The summed E-state index contributed by atoms with van der Waals surface area (Å²) in [6.07, 6.45) is 7.52. The lowest BCUT2D eigenvalue weighted by Crippen LogP contribution is -1.97. The third-order valence-corrected chi connectivity index (χ3v) is 1.84. The normalized spacial score (nSPS) is 10.5. The molecule has 0 spiro atoms. The van der Waals surface area contributed by atoms with Gasteiger partial charge in [-0.15, -0.1) is 0 Å². The summed E-state index contributed by atoms with van der Waals surface area (Å²) in [5.41, 5.74) is 0. The molecule has 0 radical (unpaired) electrons. The molecule has 0 saturated carbocycles. The Hall–Kier alpha value is -0.0900. The maximum Gasteiger partial charge on any atom is 0.367 e. The molecule has 0 fully saturated rings. The van der Waals surface area contributed by atoms with Gasteiger partial charge in [-0.1, -0.05) is 12.2 Å². The van der Waals surface area contributed by atoms with E-state index in [0.717, 1.165) is 30.4 Å². The highest BCUT2D eigenvalue weighted by atomic mass is 32.2. The van der Waals surface area contributed by atoms with Crippen LogP contribution in [0.3, 0.4) is 0 Å². The van der Waals surface area contributed by atoms with Crippen LogP contribution in [0.1, 0.15) is 12.8 Å². The molecule has 0 aromatic carbocycles. The minimum Gasteiger partial charge on any atom is -0.457 e. The fraction of sp³-hybridized carbons (Fsp3) is 0.625. The van der Waals surface area contributed by atoms with Crippen LogP contribution in [0.4, 0.5) is 4.79 Å². The van der Waals surface area contributed by atoms with E-state index in [4.69, 9.17) is 4.74 Å². The molecule has 2 nitrogen and oxygen atoms in total. The first-order valence-corrected chi connectivity index (χ1v) is 5.63. The van der Waals surface area contributed by atoms with Gasteiger partial charge in [0.2, 0.25) is 0 Å². The van der Waals surface area contributed by atoms with Gasteiger partial charge in [-0.05, 0) is 36.6 Å². The summed E-state index contributed by atoms with van der Waals surface area (Å²) in [5, 5.41) is -0.211.